The second kappa shape index (κ2) is 12.1. The van der Waals surface area contributed by atoms with Crippen LogP contribution in [0.2, 0.25) is 0 Å². The highest BCUT2D eigenvalue weighted by molar-refractivity contribution is 6.27. The van der Waals surface area contributed by atoms with Crippen molar-refractivity contribution in [3.8, 4) is 22.7 Å². The summed E-state index contributed by atoms with van der Waals surface area (Å²) in [6.07, 6.45) is 0. The van der Waals surface area contributed by atoms with E-state index in [0.29, 0.717) is 0 Å². The van der Waals surface area contributed by atoms with Gasteiger partial charge in [0, 0.05) is 59.9 Å². The molecule has 0 N–H and O–H groups in total. The Morgan fingerprint density at radius 3 is 1.43 bits per heavy atom. The molecule has 0 aliphatic rings. The van der Waals surface area contributed by atoms with Gasteiger partial charge in [-0.05, 0) is 78.9 Å². The topological polar surface area (TPSA) is 32.9 Å². The SMILES string of the molecule is c1ccc(-n2c3cccc(-n4c5ccccc5c5ccccc54)c3c3c4cccc(-n5c6ccccc6c6ccccc65)c4n(-c4ccc5oc6ccccc6c5c4)c32)cc1. The number of furan rings is 1. The van der Waals surface area contributed by atoms with Crippen molar-refractivity contribution in [1.29, 1.82) is 0 Å². The molecule has 284 valence electrons. The van der Waals surface area contributed by atoms with Gasteiger partial charge in [-0.2, -0.15) is 0 Å². The van der Waals surface area contributed by atoms with Crippen LogP contribution in [-0.2, 0) is 0 Å². The lowest BCUT2D eigenvalue weighted by Gasteiger charge is -2.17. The van der Waals surface area contributed by atoms with E-state index in [1.165, 1.54) is 59.8 Å². The summed E-state index contributed by atoms with van der Waals surface area (Å²) in [7, 11) is 0. The van der Waals surface area contributed by atoms with Gasteiger partial charge in [-0.15, -0.1) is 0 Å². The van der Waals surface area contributed by atoms with Gasteiger partial charge in [0.25, 0.3) is 0 Å². The van der Waals surface area contributed by atoms with E-state index < -0.39 is 0 Å². The van der Waals surface area contributed by atoms with E-state index in [4.69, 9.17) is 4.42 Å². The molecule has 61 heavy (non-hydrogen) atoms. The van der Waals surface area contributed by atoms with Crippen molar-refractivity contribution in [1.82, 2.24) is 18.3 Å². The Kier molecular flexibility index (Phi) is 6.49. The Morgan fingerprint density at radius 2 is 0.770 bits per heavy atom. The van der Waals surface area contributed by atoms with E-state index >= 15 is 0 Å². The predicted molar refractivity (Wildman–Crippen MR) is 254 cm³/mol. The molecule has 0 fully saturated rings. The number of benzene rings is 9. The Morgan fingerprint density at radius 1 is 0.279 bits per heavy atom. The minimum Gasteiger partial charge on any atom is -0.456 e. The molecule has 0 atom stereocenters. The number of hydrogen-bond donors (Lipinski definition) is 0. The Bertz CT molecular complexity index is 4010. The van der Waals surface area contributed by atoms with E-state index in [-0.39, 0.29) is 0 Å². The van der Waals surface area contributed by atoms with Crippen molar-refractivity contribution >= 4 is 98.4 Å². The number of rotatable bonds is 4. The van der Waals surface area contributed by atoms with Crippen LogP contribution in [0.1, 0.15) is 0 Å². The summed E-state index contributed by atoms with van der Waals surface area (Å²) in [6, 6.07) is 74.8. The summed E-state index contributed by atoms with van der Waals surface area (Å²) >= 11 is 0. The fourth-order valence-electron chi connectivity index (χ4n) is 10.5. The number of nitrogens with zero attached hydrogens (tertiary/aromatic N) is 4. The zero-order valence-corrected chi connectivity index (χ0v) is 32.8. The van der Waals surface area contributed by atoms with Gasteiger partial charge >= 0.3 is 0 Å². The quantitative estimate of drug-likeness (QED) is 0.175. The van der Waals surface area contributed by atoms with Gasteiger partial charge in [0.2, 0.25) is 0 Å². The number of hydrogen-bond acceptors (Lipinski definition) is 1. The van der Waals surface area contributed by atoms with Crippen LogP contribution >= 0.6 is 0 Å². The molecular weight excluding hydrogens is 745 g/mol. The first-order valence-corrected chi connectivity index (χ1v) is 20.9. The first-order chi connectivity index (χ1) is 30.3. The van der Waals surface area contributed by atoms with E-state index in [0.717, 1.165) is 61.4 Å². The third kappa shape index (κ3) is 4.34. The van der Waals surface area contributed by atoms with Gasteiger partial charge in [0.05, 0.1) is 44.5 Å². The van der Waals surface area contributed by atoms with E-state index in [9.17, 15) is 0 Å². The molecular formula is C56H34N4O. The molecule has 5 nitrogen and oxygen atoms in total. The molecule has 0 spiro atoms. The fourth-order valence-corrected chi connectivity index (χ4v) is 10.5. The summed E-state index contributed by atoms with van der Waals surface area (Å²) in [5.41, 5.74) is 14.3. The van der Waals surface area contributed by atoms with Crippen LogP contribution in [0.4, 0.5) is 0 Å². The van der Waals surface area contributed by atoms with Crippen LogP contribution in [0, 0.1) is 0 Å². The van der Waals surface area contributed by atoms with Gasteiger partial charge in [-0.3, -0.25) is 9.13 Å². The van der Waals surface area contributed by atoms with Crippen molar-refractivity contribution in [2.75, 3.05) is 0 Å². The lowest BCUT2D eigenvalue weighted by molar-refractivity contribution is 0.669. The summed E-state index contributed by atoms with van der Waals surface area (Å²) in [4.78, 5) is 0. The summed E-state index contributed by atoms with van der Waals surface area (Å²) < 4.78 is 16.4. The molecule has 5 aromatic heterocycles. The molecule has 5 heterocycles. The number of para-hydroxylation sites is 7. The van der Waals surface area contributed by atoms with Crippen LogP contribution in [0.15, 0.2) is 211 Å². The molecule has 0 unspecified atom stereocenters. The summed E-state index contributed by atoms with van der Waals surface area (Å²) in [6.45, 7) is 0. The standard InChI is InChI=1S/C56H34N4O/c1-2-16-35(17-3-1)57-48-28-15-29-49(59-44-24-9-4-18-37(44)38-19-5-10-25-45(38)59)54(48)53-42-23-14-30-50(60-46-26-11-6-20-39(46)40-21-7-12-27-47(40)60)55(42)58(56(53)57)36-32-33-52-43(34-36)41-22-8-13-31-51(41)61-52/h1-34H. The molecule has 0 amide bonds. The Balaban J connectivity index is 1.24. The third-order valence-corrected chi connectivity index (χ3v) is 12.9. The molecule has 0 aliphatic carbocycles. The lowest BCUT2D eigenvalue weighted by atomic mass is 10.1. The van der Waals surface area contributed by atoms with Gasteiger partial charge < -0.3 is 13.6 Å². The highest BCUT2D eigenvalue weighted by Gasteiger charge is 2.28. The van der Waals surface area contributed by atoms with Crippen LogP contribution in [0.5, 0.6) is 0 Å². The minimum absolute atomic E-state index is 0.873. The average Bonchev–Trinajstić information content (AvgIpc) is 4.12. The normalized spacial score (nSPS) is 12.3. The zero-order chi connectivity index (χ0) is 39.8. The van der Waals surface area contributed by atoms with Crippen molar-refractivity contribution in [3.05, 3.63) is 206 Å². The molecule has 14 aromatic rings. The van der Waals surface area contributed by atoms with Crippen LogP contribution in [-0.4, -0.2) is 18.3 Å². The molecule has 9 aromatic carbocycles. The molecule has 0 saturated carbocycles. The molecule has 0 bridgehead atoms. The average molecular weight is 779 g/mol. The molecule has 0 aliphatic heterocycles. The maximum Gasteiger partial charge on any atom is 0.135 e. The highest BCUT2D eigenvalue weighted by atomic mass is 16.3. The van der Waals surface area contributed by atoms with E-state index in [1.807, 2.05) is 6.07 Å². The van der Waals surface area contributed by atoms with Crippen LogP contribution < -0.4 is 0 Å². The molecule has 0 saturated heterocycles. The van der Waals surface area contributed by atoms with E-state index in [1.54, 1.807) is 0 Å². The van der Waals surface area contributed by atoms with Gasteiger partial charge in [0.1, 0.15) is 16.8 Å². The van der Waals surface area contributed by atoms with Crippen LogP contribution in [0.3, 0.4) is 0 Å². The highest BCUT2D eigenvalue weighted by Crippen LogP contribution is 2.47. The summed E-state index contributed by atoms with van der Waals surface area (Å²) in [5.74, 6) is 0. The molecule has 14 rings (SSSR count). The first kappa shape index (κ1) is 32.7. The van der Waals surface area contributed by atoms with Crippen LogP contribution in [0.25, 0.3) is 121 Å². The molecule has 5 heteroatoms. The maximum atomic E-state index is 6.43. The largest absolute Gasteiger partial charge is 0.456 e. The Hall–Kier alpha value is -8.28. The minimum atomic E-state index is 0.873. The summed E-state index contributed by atoms with van der Waals surface area (Å²) in [5, 5.41) is 10.7. The predicted octanol–water partition coefficient (Wildman–Crippen LogP) is 14.8. The monoisotopic (exact) mass is 778 g/mol. The second-order valence-electron chi connectivity index (χ2n) is 16.1. The van der Waals surface area contributed by atoms with Crippen molar-refractivity contribution < 1.29 is 4.42 Å². The second-order valence-corrected chi connectivity index (χ2v) is 16.1. The van der Waals surface area contributed by atoms with Gasteiger partial charge in [-0.25, -0.2) is 0 Å². The van der Waals surface area contributed by atoms with Crippen molar-refractivity contribution in [2.45, 2.75) is 0 Å². The van der Waals surface area contributed by atoms with Crippen molar-refractivity contribution in [3.63, 3.8) is 0 Å². The van der Waals surface area contributed by atoms with E-state index in [2.05, 4.69) is 218 Å². The van der Waals surface area contributed by atoms with Gasteiger partial charge in [0.15, 0.2) is 0 Å². The fraction of sp³-hybridized carbons (Fsp3) is 0. The van der Waals surface area contributed by atoms with Crippen molar-refractivity contribution in [2.24, 2.45) is 0 Å². The molecule has 0 radical (unpaired) electrons. The maximum absolute atomic E-state index is 6.43. The number of fused-ring (bicyclic) bond motifs is 14. The zero-order valence-electron chi connectivity index (χ0n) is 32.8. The van der Waals surface area contributed by atoms with Gasteiger partial charge in [-0.1, -0.05) is 127 Å². The Labute approximate surface area is 348 Å². The third-order valence-electron chi connectivity index (χ3n) is 12.9. The number of aromatic nitrogens is 4. The lowest BCUT2D eigenvalue weighted by Crippen LogP contribution is -2.04. The first-order valence-electron chi connectivity index (χ1n) is 20.9. The smallest absolute Gasteiger partial charge is 0.135 e.